The van der Waals surface area contributed by atoms with Crippen LogP contribution in [-0.2, 0) is 0 Å². The standard InChI is InChI=1S/C9H10BrN3O3/c1-5(9(11)12)16-8-3-2-6(10)4-7(8)13(14)15/h2-5H,1H3,(H3,11,12). The van der Waals surface area contributed by atoms with Gasteiger partial charge in [0.25, 0.3) is 0 Å². The molecule has 0 bridgehead atoms. The second-order valence-electron chi connectivity index (χ2n) is 3.08. The molecule has 0 aromatic heterocycles. The van der Waals surface area contributed by atoms with Gasteiger partial charge in [0, 0.05) is 10.5 Å². The highest BCUT2D eigenvalue weighted by molar-refractivity contribution is 9.10. The molecule has 86 valence electrons. The molecule has 0 saturated heterocycles. The topological polar surface area (TPSA) is 102 Å². The first-order valence-corrected chi connectivity index (χ1v) is 5.15. The average Bonchev–Trinajstić information content (AvgIpc) is 2.20. The predicted octanol–water partition coefficient (Wildman–Crippen LogP) is 2.06. The summed E-state index contributed by atoms with van der Waals surface area (Å²) in [6, 6.07) is 4.42. The first-order valence-electron chi connectivity index (χ1n) is 4.36. The average molecular weight is 288 g/mol. The van der Waals surface area contributed by atoms with Crippen LogP contribution in [0.4, 0.5) is 5.69 Å². The first kappa shape index (κ1) is 12.4. The minimum Gasteiger partial charge on any atom is -0.476 e. The summed E-state index contributed by atoms with van der Waals surface area (Å²) in [5.41, 5.74) is 5.05. The van der Waals surface area contributed by atoms with Gasteiger partial charge in [-0.15, -0.1) is 0 Å². The Morgan fingerprint density at radius 3 is 2.81 bits per heavy atom. The van der Waals surface area contributed by atoms with E-state index in [1.54, 1.807) is 13.0 Å². The van der Waals surface area contributed by atoms with Gasteiger partial charge in [0.1, 0.15) is 5.84 Å². The fraction of sp³-hybridized carbons (Fsp3) is 0.222. The van der Waals surface area contributed by atoms with E-state index in [0.29, 0.717) is 4.47 Å². The molecule has 1 atom stereocenters. The predicted molar refractivity (Wildman–Crippen MR) is 62.8 cm³/mol. The summed E-state index contributed by atoms with van der Waals surface area (Å²) in [7, 11) is 0. The van der Waals surface area contributed by atoms with Crippen molar-refractivity contribution >= 4 is 27.5 Å². The molecule has 0 radical (unpaired) electrons. The van der Waals surface area contributed by atoms with Gasteiger partial charge in [-0.25, -0.2) is 0 Å². The van der Waals surface area contributed by atoms with Gasteiger partial charge < -0.3 is 10.5 Å². The van der Waals surface area contributed by atoms with Crippen LogP contribution in [0.15, 0.2) is 22.7 Å². The summed E-state index contributed by atoms with van der Waals surface area (Å²) in [5, 5.41) is 17.9. The summed E-state index contributed by atoms with van der Waals surface area (Å²) in [6.45, 7) is 1.55. The van der Waals surface area contributed by atoms with E-state index in [1.807, 2.05) is 0 Å². The Morgan fingerprint density at radius 1 is 1.69 bits per heavy atom. The van der Waals surface area contributed by atoms with E-state index in [2.05, 4.69) is 15.9 Å². The van der Waals surface area contributed by atoms with Gasteiger partial charge in [-0.05, 0) is 19.1 Å². The summed E-state index contributed by atoms with van der Waals surface area (Å²) in [6.07, 6.45) is -0.695. The van der Waals surface area contributed by atoms with E-state index in [4.69, 9.17) is 15.9 Å². The van der Waals surface area contributed by atoms with Crippen LogP contribution in [0.1, 0.15) is 6.92 Å². The molecule has 0 aliphatic heterocycles. The van der Waals surface area contributed by atoms with Gasteiger partial charge in [0.15, 0.2) is 11.9 Å². The van der Waals surface area contributed by atoms with Gasteiger partial charge in [0.2, 0.25) is 0 Å². The largest absolute Gasteiger partial charge is 0.476 e. The number of nitrogens with two attached hydrogens (primary N) is 1. The Balaban J connectivity index is 3.04. The van der Waals surface area contributed by atoms with Crippen LogP contribution in [-0.4, -0.2) is 16.9 Å². The van der Waals surface area contributed by atoms with Crippen molar-refractivity contribution in [2.45, 2.75) is 13.0 Å². The molecule has 1 rings (SSSR count). The number of hydrogen-bond acceptors (Lipinski definition) is 4. The molecule has 0 spiro atoms. The number of rotatable bonds is 4. The zero-order valence-corrected chi connectivity index (χ0v) is 10.0. The maximum atomic E-state index is 10.7. The molecule has 1 aromatic carbocycles. The van der Waals surface area contributed by atoms with Crippen LogP contribution in [0.5, 0.6) is 5.75 Å². The minimum atomic E-state index is -0.695. The lowest BCUT2D eigenvalue weighted by Gasteiger charge is -2.12. The summed E-state index contributed by atoms with van der Waals surface area (Å²) >= 11 is 3.13. The number of halogens is 1. The van der Waals surface area contributed by atoms with Gasteiger partial charge >= 0.3 is 5.69 Å². The molecule has 1 aromatic rings. The summed E-state index contributed by atoms with van der Waals surface area (Å²) < 4.78 is 5.80. The molecule has 0 amide bonds. The van der Waals surface area contributed by atoms with E-state index in [-0.39, 0.29) is 17.3 Å². The summed E-state index contributed by atoms with van der Waals surface area (Å²) in [4.78, 5) is 10.2. The second kappa shape index (κ2) is 4.93. The Kier molecular flexibility index (Phi) is 3.83. The molecule has 0 saturated carbocycles. The van der Waals surface area contributed by atoms with Crippen molar-refractivity contribution in [2.75, 3.05) is 0 Å². The van der Waals surface area contributed by atoms with E-state index < -0.39 is 11.0 Å². The maximum absolute atomic E-state index is 10.7. The third-order valence-corrected chi connectivity index (χ3v) is 2.35. The highest BCUT2D eigenvalue weighted by atomic mass is 79.9. The van der Waals surface area contributed by atoms with Crippen molar-refractivity contribution in [1.82, 2.24) is 0 Å². The first-order chi connectivity index (χ1) is 7.41. The number of hydrogen-bond donors (Lipinski definition) is 2. The molecule has 0 heterocycles. The molecule has 0 fully saturated rings. The van der Waals surface area contributed by atoms with Crippen LogP contribution in [0.2, 0.25) is 0 Å². The van der Waals surface area contributed by atoms with Crippen molar-refractivity contribution in [3.8, 4) is 5.75 Å². The number of nitro benzene ring substituents is 1. The number of ether oxygens (including phenoxy) is 1. The third kappa shape index (κ3) is 2.93. The lowest BCUT2D eigenvalue weighted by Crippen LogP contribution is -2.30. The zero-order chi connectivity index (χ0) is 12.3. The Hall–Kier alpha value is -1.63. The lowest BCUT2D eigenvalue weighted by molar-refractivity contribution is -0.386. The zero-order valence-electron chi connectivity index (χ0n) is 8.44. The molecular formula is C9H10BrN3O3. The number of nitro groups is 1. The maximum Gasteiger partial charge on any atom is 0.312 e. The van der Waals surface area contributed by atoms with Crippen LogP contribution in [0.3, 0.4) is 0 Å². The van der Waals surface area contributed by atoms with Crippen molar-refractivity contribution in [3.63, 3.8) is 0 Å². The van der Waals surface area contributed by atoms with Gasteiger partial charge in [-0.1, -0.05) is 15.9 Å². The van der Waals surface area contributed by atoms with E-state index in [0.717, 1.165) is 0 Å². The van der Waals surface area contributed by atoms with Crippen molar-refractivity contribution < 1.29 is 9.66 Å². The van der Waals surface area contributed by atoms with E-state index in [1.165, 1.54) is 12.1 Å². The van der Waals surface area contributed by atoms with Gasteiger partial charge in [-0.3, -0.25) is 15.5 Å². The van der Waals surface area contributed by atoms with Crippen LogP contribution in [0, 0.1) is 15.5 Å². The molecule has 3 N–H and O–H groups in total. The lowest BCUT2D eigenvalue weighted by atomic mass is 10.3. The number of benzene rings is 1. The minimum absolute atomic E-state index is 0.0934. The fourth-order valence-corrected chi connectivity index (χ4v) is 1.34. The van der Waals surface area contributed by atoms with Crippen molar-refractivity contribution in [3.05, 3.63) is 32.8 Å². The molecule has 1 unspecified atom stereocenters. The van der Waals surface area contributed by atoms with Gasteiger partial charge in [0.05, 0.1) is 4.92 Å². The number of amidine groups is 1. The van der Waals surface area contributed by atoms with Crippen LogP contribution < -0.4 is 10.5 Å². The fourth-order valence-electron chi connectivity index (χ4n) is 0.987. The molecule has 0 aliphatic rings. The summed E-state index contributed by atoms with van der Waals surface area (Å²) in [5.74, 6) is -0.0897. The molecule has 16 heavy (non-hydrogen) atoms. The monoisotopic (exact) mass is 287 g/mol. The van der Waals surface area contributed by atoms with Crippen LogP contribution >= 0.6 is 15.9 Å². The highest BCUT2D eigenvalue weighted by Crippen LogP contribution is 2.30. The van der Waals surface area contributed by atoms with Crippen LogP contribution in [0.25, 0.3) is 0 Å². The SMILES string of the molecule is CC(Oc1ccc(Br)cc1[N+](=O)[O-])C(=N)N. The number of nitrogens with zero attached hydrogens (tertiary/aromatic N) is 1. The van der Waals surface area contributed by atoms with Crippen molar-refractivity contribution in [2.24, 2.45) is 5.73 Å². The molecular weight excluding hydrogens is 278 g/mol. The molecule has 0 aliphatic carbocycles. The Morgan fingerprint density at radius 2 is 2.31 bits per heavy atom. The Bertz CT molecular complexity index is 436. The quantitative estimate of drug-likeness (QED) is 0.383. The second-order valence-corrected chi connectivity index (χ2v) is 4.00. The van der Waals surface area contributed by atoms with E-state index in [9.17, 15) is 10.1 Å². The number of nitrogens with one attached hydrogen (secondary N) is 1. The van der Waals surface area contributed by atoms with Gasteiger partial charge in [-0.2, -0.15) is 0 Å². The molecule has 7 heteroatoms. The normalized spacial score (nSPS) is 11.9. The Labute approximate surface area is 100 Å². The van der Waals surface area contributed by atoms with Crippen molar-refractivity contribution in [1.29, 1.82) is 5.41 Å². The molecule has 6 nitrogen and oxygen atoms in total. The van der Waals surface area contributed by atoms with E-state index >= 15 is 0 Å². The smallest absolute Gasteiger partial charge is 0.312 e. The third-order valence-electron chi connectivity index (χ3n) is 1.86. The highest BCUT2D eigenvalue weighted by Gasteiger charge is 2.18.